The molecule has 1 spiro atoms. The number of piperidine rings is 1. The minimum Gasteiger partial charge on any atom is -0.493 e. The molecule has 2 aliphatic rings. The van der Waals surface area contributed by atoms with Crippen LogP contribution in [0, 0.1) is 0 Å². The molecule has 1 fully saturated rings. The zero-order valence-corrected chi connectivity index (χ0v) is 15.6. The van der Waals surface area contributed by atoms with Crippen molar-refractivity contribution in [1.82, 2.24) is 4.98 Å². The highest BCUT2D eigenvalue weighted by atomic mass is 35.5. The van der Waals surface area contributed by atoms with Gasteiger partial charge in [0.2, 0.25) is 5.91 Å². The van der Waals surface area contributed by atoms with Gasteiger partial charge < -0.3 is 9.64 Å². The molecule has 136 valence electrons. The first-order valence-corrected chi connectivity index (χ1v) is 9.64. The Morgan fingerprint density at radius 3 is 2.93 bits per heavy atom. The normalized spacial score (nSPS) is 22.0. The van der Waals surface area contributed by atoms with Gasteiger partial charge in [0.25, 0.3) is 0 Å². The van der Waals surface area contributed by atoms with E-state index < -0.39 is 5.41 Å². The molecule has 1 saturated heterocycles. The summed E-state index contributed by atoms with van der Waals surface area (Å²) in [6.07, 6.45) is 6.07. The van der Waals surface area contributed by atoms with Gasteiger partial charge in [0.05, 0.1) is 23.9 Å². The second kappa shape index (κ2) is 6.24. The second-order valence-electron chi connectivity index (χ2n) is 7.26. The average Bonchev–Trinajstić information content (AvgIpc) is 2.70. The van der Waals surface area contributed by atoms with Crippen LogP contribution in [0.2, 0.25) is 5.02 Å². The van der Waals surface area contributed by atoms with E-state index >= 15 is 0 Å². The van der Waals surface area contributed by atoms with E-state index in [4.69, 9.17) is 16.3 Å². The number of rotatable bonds is 1. The summed E-state index contributed by atoms with van der Waals surface area (Å²) in [5.41, 5.74) is 1.23. The highest BCUT2D eigenvalue weighted by molar-refractivity contribution is 6.30. The number of hydrogen-bond donors (Lipinski definition) is 0. The van der Waals surface area contributed by atoms with Crippen molar-refractivity contribution in [3.63, 3.8) is 0 Å². The maximum absolute atomic E-state index is 13.8. The summed E-state index contributed by atoms with van der Waals surface area (Å²) in [4.78, 5) is 20.1. The van der Waals surface area contributed by atoms with E-state index in [1.165, 1.54) is 0 Å². The van der Waals surface area contributed by atoms with Crippen LogP contribution in [0.1, 0.15) is 24.8 Å². The highest BCUT2D eigenvalue weighted by Crippen LogP contribution is 2.47. The van der Waals surface area contributed by atoms with Gasteiger partial charge in [0.15, 0.2) is 0 Å². The number of anilines is 1. The zero-order chi connectivity index (χ0) is 18.4. The summed E-state index contributed by atoms with van der Waals surface area (Å²) in [6.45, 7) is 1.25. The maximum Gasteiger partial charge on any atom is 0.237 e. The first-order chi connectivity index (χ1) is 13.2. The topological polar surface area (TPSA) is 42.4 Å². The molecule has 1 amide bonds. The third-order valence-electron chi connectivity index (χ3n) is 5.82. The lowest BCUT2D eigenvalue weighted by Crippen LogP contribution is -2.53. The van der Waals surface area contributed by atoms with Crippen LogP contribution in [0.3, 0.4) is 0 Å². The molecule has 0 unspecified atom stereocenters. The van der Waals surface area contributed by atoms with Gasteiger partial charge in [-0.15, -0.1) is 0 Å². The Morgan fingerprint density at radius 1 is 1.11 bits per heavy atom. The largest absolute Gasteiger partial charge is 0.493 e. The Balaban J connectivity index is 1.65. The second-order valence-corrected chi connectivity index (χ2v) is 7.70. The molecule has 0 saturated carbocycles. The van der Waals surface area contributed by atoms with Crippen LogP contribution >= 0.6 is 11.6 Å². The predicted octanol–water partition coefficient (Wildman–Crippen LogP) is 4.74. The molecule has 4 nitrogen and oxygen atoms in total. The van der Waals surface area contributed by atoms with Crippen molar-refractivity contribution in [3.05, 3.63) is 65.4 Å². The van der Waals surface area contributed by atoms with Crippen LogP contribution in [0.15, 0.2) is 54.9 Å². The minimum atomic E-state index is -0.576. The van der Waals surface area contributed by atoms with Crippen LogP contribution in [0.4, 0.5) is 5.69 Å². The van der Waals surface area contributed by atoms with Crippen LogP contribution in [-0.2, 0) is 10.2 Å². The molecule has 0 radical (unpaired) electrons. The van der Waals surface area contributed by atoms with Gasteiger partial charge >= 0.3 is 0 Å². The zero-order valence-electron chi connectivity index (χ0n) is 14.8. The smallest absolute Gasteiger partial charge is 0.237 e. The SMILES string of the molecule is O=C1N(c2cncc3ccccc23)CCC[C@]12CCOc1ccc(Cl)cc12. The fourth-order valence-corrected chi connectivity index (χ4v) is 4.68. The van der Waals surface area contributed by atoms with E-state index in [0.717, 1.165) is 40.6 Å². The van der Waals surface area contributed by atoms with Crippen LogP contribution in [0.5, 0.6) is 5.75 Å². The number of amides is 1. The van der Waals surface area contributed by atoms with Gasteiger partial charge in [-0.05, 0) is 31.0 Å². The fraction of sp³-hybridized carbons (Fsp3) is 0.273. The fourth-order valence-electron chi connectivity index (χ4n) is 4.51. The number of fused-ring (bicyclic) bond motifs is 3. The number of ether oxygens (including phenoxy) is 1. The lowest BCUT2D eigenvalue weighted by atomic mass is 9.69. The Bertz CT molecular complexity index is 1050. The third kappa shape index (κ3) is 2.51. The number of nitrogens with zero attached hydrogens (tertiary/aromatic N) is 2. The predicted molar refractivity (Wildman–Crippen MR) is 107 cm³/mol. The summed E-state index contributed by atoms with van der Waals surface area (Å²) >= 11 is 6.27. The molecule has 3 aromatic rings. The number of halogens is 1. The van der Waals surface area contributed by atoms with Crippen molar-refractivity contribution >= 4 is 34.0 Å². The van der Waals surface area contributed by atoms with E-state index in [1.54, 1.807) is 6.20 Å². The van der Waals surface area contributed by atoms with Crippen LogP contribution in [-0.4, -0.2) is 24.0 Å². The van der Waals surface area contributed by atoms with Crippen LogP contribution in [0.25, 0.3) is 10.8 Å². The molecule has 1 aromatic heterocycles. The lowest BCUT2D eigenvalue weighted by Gasteiger charge is -2.44. The molecule has 5 heteroatoms. The number of aromatic nitrogens is 1. The van der Waals surface area contributed by atoms with Crippen molar-refractivity contribution in [2.45, 2.75) is 24.7 Å². The summed E-state index contributed by atoms with van der Waals surface area (Å²) in [6, 6.07) is 13.7. The van der Waals surface area contributed by atoms with Gasteiger partial charge in [-0.3, -0.25) is 9.78 Å². The summed E-state index contributed by atoms with van der Waals surface area (Å²) in [5, 5.41) is 2.73. The number of carbonyl (C=O) groups is 1. The molecule has 5 rings (SSSR count). The molecule has 0 aliphatic carbocycles. The number of hydrogen-bond acceptors (Lipinski definition) is 3. The number of benzene rings is 2. The molecule has 3 heterocycles. The standard InChI is InChI=1S/C22H19ClN2O2/c23-16-6-7-20-18(12-16)22(9-11-27-20)8-3-10-25(21(22)26)19-14-24-13-15-4-1-2-5-17(15)19/h1-2,4-7,12-14H,3,8-11H2/t22-/m1/s1. The van der Waals surface area contributed by atoms with E-state index in [9.17, 15) is 4.79 Å². The van der Waals surface area contributed by atoms with Gasteiger partial charge in [0, 0.05) is 40.5 Å². The average molecular weight is 379 g/mol. The first-order valence-electron chi connectivity index (χ1n) is 9.27. The van der Waals surface area contributed by atoms with E-state index in [-0.39, 0.29) is 5.91 Å². The van der Waals surface area contributed by atoms with Gasteiger partial charge in [-0.1, -0.05) is 35.9 Å². The Kier molecular flexibility index (Phi) is 3.83. The van der Waals surface area contributed by atoms with Gasteiger partial charge in [-0.25, -0.2) is 0 Å². The van der Waals surface area contributed by atoms with Crippen molar-refractivity contribution in [2.24, 2.45) is 0 Å². The third-order valence-corrected chi connectivity index (χ3v) is 6.06. The van der Waals surface area contributed by atoms with Crippen molar-refractivity contribution < 1.29 is 9.53 Å². The molecule has 1 atom stereocenters. The summed E-state index contributed by atoms with van der Waals surface area (Å²) < 4.78 is 5.82. The molecule has 0 N–H and O–H groups in total. The Morgan fingerprint density at radius 2 is 2.00 bits per heavy atom. The highest BCUT2D eigenvalue weighted by Gasteiger charge is 2.49. The monoisotopic (exact) mass is 378 g/mol. The quantitative estimate of drug-likeness (QED) is 0.614. The van der Waals surface area contributed by atoms with E-state index in [2.05, 4.69) is 11.1 Å². The molecule has 0 bridgehead atoms. The molecule has 27 heavy (non-hydrogen) atoms. The van der Waals surface area contributed by atoms with Crippen molar-refractivity contribution in [2.75, 3.05) is 18.1 Å². The minimum absolute atomic E-state index is 0.124. The van der Waals surface area contributed by atoms with E-state index in [1.807, 2.05) is 47.5 Å². The van der Waals surface area contributed by atoms with Crippen molar-refractivity contribution in [3.8, 4) is 5.75 Å². The van der Waals surface area contributed by atoms with Crippen molar-refractivity contribution in [1.29, 1.82) is 0 Å². The summed E-state index contributed by atoms with van der Waals surface area (Å²) in [7, 11) is 0. The molecular formula is C22H19ClN2O2. The molecule has 2 aromatic carbocycles. The number of pyridine rings is 1. The van der Waals surface area contributed by atoms with Gasteiger partial charge in [0.1, 0.15) is 5.75 Å². The molecular weight excluding hydrogens is 360 g/mol. The molecule has 2 aliphatic heterocycles. The lowest BCUT2D eigenvalue weighted by molar-refractivity contribution is -0.127. The Labute approximate surface area is 162 Å². The Hall–Kier alpha value is -2.59. The van der Waals surface area contributed by atoms with Gasteiger partial charge in [-0.2, -0.15) is 0 Å². The first kappa shape index (κ1) is 16.6. The van der Waals surface area contributed by atoms with Crippen LogP contribution < -0.4 is 9.64 Å². The summed E-state index contributed by atoms with van der Waals surface area (Å²) in [5.74, 6) is 0.899. The number of carbonyl (C=O) groups excluding carboxylic acids is 1. The maximum atomic E-state index is 13.8. The van der Waals surface area contributed by atoms with E-state index in [0.29, 0.717) is 24.6 Å².